The minimum absolute atomic E-state index is 0.0268. The van der Waals surface area contributed by atoms with Crippen LogP contribution in [0.25, 0.3) is 5.65 Å². The summed E-state index contributed by atoms with van der Waals surface area (Å²) in [7, 11) is 0. The number of pyridine rings is 1. The fourth-order valence-electron chi connectivity index (χ4n) is 4.07. The summed E-state index contributed by atoms with van der Waals surface area (Å²) < 4.78 is 8.02. The van der Waals surface area contributed by atoms with Gasteiger partial charge in [-0.25, -0.2) is 4.98 Å². The Balaban J connectivity index is 1.36. The normalized spacial score (nSPS) is 19.0. The van der Waals surface area contributed by atoms with E-state index >= 15 is 0 Å². The second-order valence-corrected chi connectivity index (χ2v) is 8.32. The number of thiophene rings is 1. The second kappa shape index (κ2) is 6.08. The lowest BCUT2D eigenvalue weighted by Crippen LogP contribution is -2.48. The highest BCUT2D eigenvalue weighted by Gasteiger charge is 2.42. The van der Waals surface area contributed by atoms with Gasteiger partial charge in [0.2, 0.25) is 0 Å². The maximum Gasteiger partial charge on any atom is 0.274 e. The molecule has 0 radical (unpaired) electrons. The number of imidazole rings is 1. The first-order valence-corrected chi connectivity index (χ1v) is 10.0. The number of hydrogen-bond donors (Lipinski definition) is 0. The summed E-state index contributed by atoms with van der Waals surface area (Å²) in [5.74, 6) is -0.0268. The lowest BCUT2D eigenvalue weighted by atomic mass is 9.82. The molecule has 134 valence electrons. The van der Waals surface area contributed by atoms with Gasteiger partial charge < -0.3 is 14.0 Å². The van der Waals surface area contributed by atoms with Crippen LogP contribution in [0.2, 0.25) is 5.02 Å². The molecule has 0 saturated carbocycles. The van der Waals surface area contributed by atoms with Crippen LogP contribution in [-0.2, 0) is 16.8 Å². The van der Waals surface area contributed by atoms with Crippen molar-refractivity contribution in [3.63, 3.8) is 0 Å². The van der Waals surface area contributed by atoms with E-state index in [-0.39, 0.29) is 11.5 Å². The summed E-state index contributed by atoms with van der Waals surface area (Å²) in [6.45, 7) is 2.14. The summed E-state index contributed by atoms with van der Waals surface area (Å²) in [5.41, 5.74) is 2.31. The third-order valence-electron chi connectivity index (χ3n) is 5.44. The summed E-state index contributed by atoms with van der Waals surface area (Å²) in [6, 6.07) is 5.79. The standard InChI is InChI=1S/C19H18ClN3O2S/c20-13-1-2-17-21-15(12-23(17)11-13)18(24)22-7-5-19(6-8-22)14-4-10-26-16(14)3-9-25-19/h1-2,4,10-12H,3,5-9H2. The average Bonchev–Trinajstić information content (AvgIpc) is 3.29. The third-order valence-corrected chi connectivity index (χ3v) is 6.64. The minimum Gasteiger partial charge on any atom is -0.370 e. The lowest BCUT2D eigenvalue weighted by molar-refractivity contribution is -0.0926. The Morgan fingerprint density at radius 2 is 2.08 bits per heavy atom. The Bertz CT molecular complexity index is 988. The van der Waals surface area contributed by atoms with Gasteiger partial charge in [-0.1, -0.05) is 11.6 Å². The molecule has 1 saturated heterocycles. The number of piperidine rings is 1. The van der Waals surface area contributed by atoms with Gasteiger partial charge in [0.05, 0.1) is 17.2 Å². The number of carbonyl (C=O) groups excluding carboxylic acids is 1. The number of likely N-dealkylation sites (tertiary alicyclic amines) is 1. The first kappa shape index (κ1) is 16.3. The predicted molar refractivity (Wildman–Crippen MR) is 101 cm³/mol. The lowest BCUT2D eigenvalue weighted by Gasteiger charge is -2.43. The van der Waals surface area contributed by atoms with E-state index in [1.165, 1.54) is 10.4 Å². The van der Waals surface area contributed by atoms with E-state index in [1.54, 1.807) is 22.9 Å². The summed E-state index contributed by atoms with van der Waals surface area (Å²) >= 11 is 7.83. The maximum absolute atomic E-state index is 12.9. The number of amides is 1. The van der Waals surface area contributed by atoms with Crippen molar-refractivity contribution in [3.8, 4) is 0 Å². The van der Waals surface area contributed by atoms with Gasteiger partial charge in [0.1, 0.15) is 11.3 Å². The molecule has 2 aliphatic rings. The van der Waals surface area contributed by atoms with E-state index < -0.39 is 0 Å². The molecular weight excluding hydrogens is 370 g/mol. The third kappa shape index (κ3) is 2.55. The SMILES string of the molecule is O=C(c1cn2cc(Cl)ccc2n1)N1CCC2(CC1)OCCc1sccc12. The molecular formula is C19H18ClN3O2S. The first-order chi connectivity index (χ1) is 12.6. The molecule has 7 heteroatoms. The van der Waals surface area contributed by atoms with Crippen molar-refractivity contribution < 1.29 is 9.53 Å². The van der Waals surface area contributed by atoms with E-state index in [2.05, 4.69) is 16.4 Å². The van der Waals surface area contributed by atoms with Crippen molar-refractivity contribution in [3.05, 3.63) is 57.1 Å². The highest BCUT2D eigenvalue weighted by atomic mass is 35.5. The summed E-state index contributed by atoms with van der Waals surface area (Å²) in [4.78, 5) is 20.7. The minimum atomic E-state index is -0.212. The topological polar surface area (TPSA) is 46.8 Å². The Hall–Kier alpha value is -1.89. The Labute approximate surface area is 160 Å². The van der Waals surface area contributed by atoms with Crippen LogP contribution in [0.5, 0.6) is 0 Å². The number of hydrogen-bond acceptors (Lipinski definition) is 4. The zero-order chi connectivity index (χ0) is 17.7. The van der Waals surface area contributed by atoms with Gasteiger partial charge in [0, 0.05) is 36.8 Å². The second-order valence-electron chi connectivity index (χ2n) is 6.88. The Kier molecular flexibility index (Phi) is 3.81. The Morgan fingerprint density at radius 3 is 2.92 bits per heavy atom. The Morgan fingerprint density at radius 1 is 1.23 bits per heavy atom. The van der Waals surface area contributed by atoms with Gasteiger partial charge in [0.25, 0.3) is 5.91 Å². The largest absolute Gasteiger partial charge is 0.370 e. The van der Waals surface area contributed by atoms with Crippen molar-refractivity contribution in [1.82, 2.24) is 14.3 Å². The molecule has 2 aliphatic heterocycles. The van der Waals surface area contributed by atoms with Crippen molar-refractivity contribution in [2.75, 3.05) is 19.7 Å². The molecule has 1 fully saturated rings. The molecule has 3 aromatic rings. The molecule has 0 aliphatic carbocycles. The molecule has 1 amide bonds. The van der Waals surface area contributed by atoms with Crippen LogP contribution in [0.1, 0.15) is 33.8 Å². The van der Waals surface area contributed by atoms with E-state index in [4.69, 9.17) is 16.3 Å². The van der Waals surface area contributed by atoms with Crippen LogP contribution in [0.3, 0.4) is 0 Å². The quantitative estimate of drug-likeness (QED) is 0.638. The van der Waals surface area contributed by atoms with Crippen LogP contribution in [0, 0.1) is 0 Å². The van der Waals surface area contributed by atoms with Crippen LogP contribution in [0.15, 0.2) is 36.0 Å². The highest BCUT2D eigenvalue weighted by molar-refractivity contribution is 7.10. The van der Waals surface area contributed by atoms with E-state index in [1.807, 2.05) is 22.3 Å². The van der Waals surface area contributed by atoms with Gasteiger partial charge in [-0.2, -0.15) is 0 Å². The summed E-state index contributed by atoms with van der Waals surface area (Å²) in [5, 5.41) is 2.77. The first-order valence-electron chi connectivity index (χ1n) is 8.79. The van der Waals surface area contributed by atoms with Gasteiger partial charge in [-0.3, -0.25) is 4.79 Å². The molecule has 5 heterocycles. The van der Waals surface area contributed by atoms with E-state index in [9.17, 15) is 4.79 Å². The zero-order valence-electron chi connectivity index (χ0n) is 14.2. The molecule has 1 spiro atoms. The monoisotopic (exact) mass is 387 g/mol. The maximum atomic E-state index is 12.9. The van der Waals surface area contributed by atoms with Gasteiger partial charge in [-0.05, 0) is 42.0 Å². The number of ether oxygens (including phenoxy) is 1. The van der Waals surface area contributed by atoms with Crippen LogP contribution in [-0.4, -0.2) is 39.9 Å². The van der Waals surface area contributed by atoms with Crippen molar-refractivity contribution in [2.45, 2.75) is 24.9 Å². The number of halogens is 1. The molecule has 26 heavy (non-hydrogen) atoms. The number of fused-ring (bicyclic) bond motifs is 3. The van der Waals surface area contributed by atoms with Crippen molar-refractivity contribution in [2.24, 2.45) is 0 Å². The molecule has 3 aromatic heterocycles. The fraction of sp³-hybridized carbons (Fsp3) is 0.368. The van der Waals surface area contributed by atoms with Gasteiger partial charge in [-0.15, -0.1) is 11.3 Å². The smallest absolute Gasteiger partial charge is 0.274 e. The fourth-order valence-corrected chi connectivity index (χ4v) is 5.19. The van der Waals surface area contributed by atoms with Crippen LogP contribution in [0.4, 0.5) is 0 Å². The molecule has 5 rings (SSSR count). The van der Waals surface area contributed by atoms with E-state index in [0.717, 1.165) is 31.5 Å². The molecule has 0 atom stereocenters. The van der Waals surface area contributed by atoms with Crippen LogP contribution < -0.4 is 0 Å². The molecule has 5 nitrogen and oxygen atoms in total. The van der Waals surface area contributed by atoms with Gasteiger partial charge in [0.15, 0.2) is 0 Å². The molecule has 0 N–H and O–H groups in total. The summed E-state index contributed by atoms with van der Waals surface area (Å²) in [6.07, 6.45) is 6.19. The average molecular weight is 388 g/mol. The predicted octanol–water partition coefficient (Wildman–Crippen LogP) is 3.75. The number of carbonyl (C=O) groups is 1. The van der Waals surface area contributed by atoms with E-state index in [0.29, 0.717) is 23.8 Å². The molecule has 0 unspecified atom stereocenters. The zero-order valence-corrected chi connectivity index (χ0v) is 15.7. The number of nitrogens with zero attached hydrogens (tertiary/aromatic N) is 3. The molecule has 0 bridgehead atoms. The van der Waals surface area contributed by atoms with Crippen molar-refractivity contribution in [1.29, 1.82) is 0 Å². The number of aromatic nitrogens is 2. The van der Waals surface area contributed by atoms with Crippen molar-refractivity contribution >= 4 is 34.5 Å². The number of rotatable bonds is 1. The highest BCUT2D eigenvalue weighted by Crippen LogP contribution is 2.43. The molecule has 0 aromatic carbocycles. The van der Waals surface area contributed by atoms with Gasteiger partial charge >= 0.3 is 0 Å². The van der Waals surface area contributed by atoms with Crippen LogP contribution >= 0.6 is 22.9 Å².